The second kappa shape index (κ2) is 16.5. The fraction of sp³-hybridized carbons (Fsp3) is 0.605. The molecule has 0 spiro atoms. The number of hydrogen-bond donors (Lipinski definition) is 3. The Morgan fingerprint density at radius 2 is 1.63 bits per heavy atom. The molecule has 1 saturated carbocycles. The predicted molar refractivity (Wildman–Crippen MR) is 201 cm³/mol. The number of nitrogens with zero attached hydrogens (tertiary/aromatic N) is 6. The lowest BCUT2D eigenvalue weighted by Crippen LogP contribution is -2.63. The quantitative estimate of drug-likeness (QED) is 0.225. The molecule has 5 amide bonds. The summed E-state index contributed by atoms with van der Waals surface area (Å²) >= 11 is 1.60. The maximum Gasteiger partial charge on any atom is 0.287 e. The molecule has 54 heavy (non-hydrogen) atoms. The van der Waals surface area contributed by atoms with Crippen molar-refractivity contribution in [1.29, 1.82) is 0 Å². The molecule has 1 aliphatic carbocycles. The van der Waals surface area contributed by atoms with Gasteiger partial charge in [-0.25, -0.2) is 9.67 Å². The van der Waals surface area contributed by atoms with Crippen molar-refractivity contribution in [2.24, 2.45) is 16.6 Å². The number of Topliss-reactive ketones (excluding diaryl/α,β-unsaturated/α-hetero) is 1. The SMILES string of the molecule is CC(C)(O)c1cnnn1[C@H]1C[C@@H](C(=O)NC2(C(=O)C(N)=O)CCSCC2)N(C(=O)/C(CC2CCCCC2)=N/C(=O)c2ccc(C(=O)N3CCCC3)cc2)C1. The first-order chi connectivity index (χ1) is 25.8. The molecule has 2 atom stereocenters. The van der Waals surface area contributed by atoms with Crippen LogP contribution in [0, 0.1) is 5.92 Å². The van der Waals surface area contributed by atoms with Crippen LogP contribution in [-0.2, 0) is 24.8 Å². The topological polar surface area (TPSA) is 210 Å². The van der Waals surface area contributed by atoms with Gasteiger partial charge in [0.05, 0.1) is 17.9 Å². The van der Waals surface area contributed by atoms with Crippen molar-refractivity contribution in [2.45, 2.75) is 108 Å². The zero-order chi connectivity index (χ0) is 38.6. The van der Waals surface area contributed by atoms with Crippen molar-refractivity contribution in [3.63, 3.8) is 0 Å². The van der Waals surface area contributed by atoms with Gasteiger partial charge < -0.3 is 26.0 Å². The summed E-state index contributed by atoms with van der Waals surface area (Å²) in [6.45, 7) is 4.54. The van der Waals surface area contributed by atoms with Gasteiger partial charge in [-0.2, -0.15) is 11.8 Å². The Labute approximate surface area is 318 Å². The van der Waals surface area contributed by atoms with Gasteiger partial charge >= 0.3 is 0 Å². The molecule has 2 aromatic rings. The molecular formula is C38H50N8O7S. The first-order valence-electron chi connectivity index (χ1n) is 19.0. The molecule has 0 unspecified atom stereocenters. The molecule has 0 radical (unpaired) electrons. The first kappa shape index (κ1) is 39.3. The fourth-order valence-corrected chi connectivity index (χ4v) is 9.35. The minimum Gasteiger partial charge on any atom is -0.384 e. The van der Waals surface area contributed by atoms with Crippen LogP contribution in [0.25, 0.3) is 0 Å². The molecule has 4 heterocycles. The average molecular weight is 763 g/mol. The highest BCUT2D eigenvalue weighted by atomic mass is 32.2. The van der Waals surface area contributed by atoms with Crippen LogP contribution in [0.3, 0.4) is 0 Å². The highest BCUT2D eigenvalue weighted by Crippen LogP contribution is 2.35. The number of thioether (sulfide) groups is 1. The third kappa shape index (κ3) is 8.59. The Hall–Kier alpha value is -4.44. The van der Waals surface area contributed by atoms with E-state index in [1.54, 1.807) is 54.8 Å². The summed E-state index contributed by atoms with van der Waals surface area (Å²) in [4.78, 5) is 88.7. The van der Waals surface area contributed by atoms with Crippen LogP contribution in [-0.4, -0.2) is 114 Å². The summed E-state index contributed by atoms with van der Waals surface area (Å²) < 4.78 is 1.50. The normalized spacial score (nSPS) is 22.2. The van der Waals surface area contributed by atoms with Crippen LogP contribution in [0.5, 0.6) is 0 Å². The van der Waals surface area contributed by atoms with Crippen LogP contribution in [0.15, 0.2) is 35.5 Å². The van der Waals surface area contributed by atoms with Crippen LogP contribution < -0.4 is 11.1 Å². The summed E-state index contributed by atoms with van der Waals surface area (Å²) in [7, 11) is 0. The maximum atomic E-state index is 14.8. The number of carbonyl (C=O) groups is 6. The molecule has 1 aromatic carbocycles. The number of aromatic nitrogens is 3. The molecule has 16 heteroatoms. The van der Waals surface area contributed by atoms with Crippen LogP contribution in [0.4, 0.5) is 0 Å². The molecule has 15 nitrogen and oxygen atoms in total. The van der Waals surface area contributed by atoms with Gasteiger partial charge in [-0.3, -0.25) is 28.8 Å². The number of aliphatic imine (C=N–C) groups is 1. The lowest BCUT2D eigenvalue weighted by atomic mass is 9.85. The summed E-state index contributed by atoms with van der Waals surface area (Å²) in [6, 6.07) is 4.54. The molecule has 0 bridgehead atoms. The first-order valence-corrected chi connectivity index (χ1v) is 20.1. The summed E-state index contributed by atoms with van der Waals surface area (Å²) in [5, 5.41) is 21.9. The van der Waals surface area contributed by atoms with E-state index in [1.807, 2.05) is 0 Å². The number of aliphatic hydroxyl groups is 1. The van der Waals surface area contributed by atoms with Gasteiger partial charge in [-0.05, 0) is 87.6 Å². The van der Waals surface area contributed by atoms with E-state index in [1.165, 1.54) is 15.8 Å². The molecule has 1 aromatic heterocycles. The largest absolute Gasteiger partial charge is 0.384 e. The Morgan fingerprint density at radius 3 is 2.26 bits per heavy atom. The predicted octanol–water partition coefficient (Wildman–Crippen LogP) is 2.57. The minimum absolute atomic E-state index is 0.0147. The highest BCUT2D eigenvalue weighted by Gasteiger charge is 2.49. The van der Waals surface area contributed by atoms with Gasteiger partial charge in [0.15, 0.2) is 0 Å². The molecule has 3 aliphatic heterocycles. The second-order valence-electron chi connectivity index (χ2n) is 15.5. The van der Waals surface area contributed by atoms with Crippen LogP contribution in [0.2, 0.25) is 0 Å². The minimum atomic E-state index is -1.51. The van der Waals surface area contributed by atoms with Gasteiger partial charge in [0.2, 0.25) is 11.7 Å². The lowest BCUT2D eigenvalue weighted by molar-refractivity contribution is -0.143. The summed E-state index contributed by atoms with van der Waals surface area (Å²) in [5.41, 5.74) is 3.68. The lowest BCUT2D eigenvalue weighted by Gasteiger charge is -2.37. The van der Waals surface area contributed by atoms with Crippen molar-refractivity contribution in [1.82, 2.24) is 30.1 Å². The van der Waals surface area contributed by atoms with Gasteiger partial charge in [0, 0.05) is 37.2 Å². The Balaban J connectivity index is 1.33. The number of likely N-dealkylation sites (tertiary alicyclic amines) is 2. The smallest absolute Gasteiger partial charge is 0.287 e. The number of carbonyl (C=O) groups excluding carboxylic acids is 6. The highest BCUT2D eigenvalue weighted by molar-refractivity contribution is 7.99. The standard InChI is InChI=1S/C38H50N8O7S/c1-37(2,53)30-22-40-43-46(30)27-21-29(34(50)42-38(31(47)32(39)48)14-18-54-19-15-38)45(23-27)36(52)28(20-24-8-4-3-5-9-24)41-33(49)25-10-12-26(13-11-25)35(51)44-16-6-7-17-44/h10-13,22,24,27,29,53H,3-9,14-21,23H2,1-2H3,(H2,39,48)(H,42,50)/b41-28+/t27-,29-/m0/s1. The van der Waals surface area contributed by atoms with Crippen molar-refractivity contribution in [3.05, 3.63) is 47.3 Å². The Morgan fingerprint density at radius 1 is 0.981 bits per heavy atom. The fourth-order valence-electron chi connectivity index (χ4n) is 8.16. The van der Waals surface area contributed by atoms with E-state index >= 15 is 0 Å². The Kier molecular flexibility index (Phi) is 12.0. The molecular weight excluding hydrogens is 713 g/mol. The molecule has 4 aliphatic rings. The van der Waals surface area contributed by atoms with E-state index in [2.05, 4.69) is 20.6 Å². The average Bonchev–Trinajstić information content (AvgIpc) is 3.96. The van der Waals surface area contributed by atoms with Crippen molar-refractivity contribution in [3.8, 4) is 0 Å². The van der Waals surface area contributed by atoms with E-state index in [-0.39, 0.29) is 55.3 Å². The van der Waals surface area contributed by atoms with E-state index in [0.29, 0.717) is 35.9 Å². The second-order valence-corrected chi connectivity index (χ2v) is 16.7. The van der Waals surface area contributed by atoms with Gasteiger partial charge in [-0.15, -0.1) is 5.10 Å². The van der Waals surface area contributed by atoms with E-state index in [0.717, 1.165) is 44.9 Å². The van der Waals surface area contributed by atoms with Gasteiger partial charge in [0.25, 0.3) is 23.6 Å². The third-order valence-electron chi connectivity index (χ3n) is 11.2. The molecule has 3 saturated heterocycles. The molecule has 6 rings (SSSR count). The maximum absolute atomic E-state index is 14.8. The number of hydrogen-bond acceptors (Lipinski definition) is 10. The van der Waals surface area contributed by atoms with E-state index < -0.39 is 52.6 Å². The monoisotopic (exact) mass is 762 g/mol. The molecule has 290 valence electrons. The molecule has 4 fully saturated rings. The van der Waals surface area contributed by atoms with Crippen molar-refractivity contribution >= 4 is 52.8 Å². The molecule has 4 N–H and O–H groups in total. The number of ketones is 1. The van der Waals surface area contributed by atoms with Crippen molar-refractivity contribution in [2.75, 3.05) is 31.1 Å². The van der Waals surface area contributed by atoms with Crippen LogP contribution >= 0.6 is 11.8 Å². The zero-order valence-electron chi connectivity index (χ0n) is 31.0. The summed E-state index contributed by atoms with van der Waals surface area (Å²) in [5.74, 6) is -2.86. The number of benzene rings is 1. The third-order valence-corrected chi connectivity index (χ3v) is 12.2. The number of amides is 5. The van der Waals surface area contributed by atoms with E-state index in [9.17, 15) is 33.9 Å². The van der Waals surface area contributed by atoms with Gasteiger partial charge in [0.1, 0.15) is 22.9 Å². The van der Waals surface area contributed by atoms with Gasteiger partial charge in [-0.1, -0.05) is 37.3 Å². The number of primary amides is 1. The van der Waals surface area contributed by atoms with Crippen LogP contribution in [0.1, 0.15) is 117 Å². The number of rotatable bonds is 11. The van der Waals surface area contributed by atoms with Crippen molar-refractivity contribution < 1.29 is 33.9 Å². The number of nitrogens with one attached hydrogen (secondary N) is 1. The van der Waals surface area contributed by atoms with E-state index in [4.69, 9.17) is 5.73 Å². The Bertz CT molecular complexity index is 1780. The zero-order valence-corrected chi connectivity index (χ0v) is 31.8. The summed E-state index contributed by atoms with van der Waals surface area (Å²) in [6.07, 6.45) is 8.82. The number of nitrogens with two attached hydrogens (primary N) is 1.